The van der Waals surface area contributed by atoms with Crippen LogP contribution < -0.4 is 10.2 Å². The first kappa shape index (κ1) is 14.9. The van der Waals surface area contributed by atoms with Crippen LogP contribution in [0.5, 0.6) is 0 Å². The van der Waals surface area contributed by atoms with E-state index in [2.05, 4.69) is 41.2 Å². The Morgan fingerprint density at radius 3 is 2.83 bits per heavy atom. The van der Waals surface area contributed by atoms with E-state index in [9.17, 15) is 0 Å². The minimum absolute atomic E-state index is 0.628. The monoisotopic (exact) mass is 251 g/mol. The van der Waals surface area contributed by atoms with Gasteiger partial charge in [0.25, 0.3) is 0 Å². The van der Waals surface area contributed by atoms with Gasteiger partial charge in [-0.3, -0.25) is 4.98 Å². The molecule has 1 rings (SSSR count). The summed E-state index contributed by atoms with van der Waals surface area (Å²) in [5, 5.41) is 3.13. The van der Waals surface area contributed by atoms with Gasteiger partial charge in [0.15, 0.2) is 0 Å². The first-order valence-electron chi connectivity index (χ1n) is 6.50. The Labute approximate surface area is 110 Å². The van der Waals surface area contributed by atoms with Crippen LogP contribution in [0, 0.1) is 5.92 Å². The lowest BCUT2D eigenvalue weighted by atomic mass is 10.2. The highest BCUT2D eigenvalue weighted by Gasteiger charge is 2.09. The van der Waals surface area contributed by atoms with Crippen LogP contribution in [0.4, 0.5) is 5.69 Å². The van der Waals surface area contributed by atoms with E-state index in [0.717, 1.165) is 31.9 Å². The van der Waals surface area contributed by atoms with E-state index in [-0.39, 0.29) is 0 Å². The van der Waals surface area contributed by atoms with Crippen LogP contribution in [-0.4, -0.2) is 38.8 Å². The molecule has 0 aliphatic rings. The smallest absolute Gasteiger partial charge is 0.0637 e. The highest BCUT2D eigenvalue weighted by atomic mass is 16.5. The number of nitrogens with one attached hydrogen (secondary N) is 1. The molecule has 0 saturated carbocycles. The molecule has 1 heterocycles. The summed E-state index contributed by atoms with van der Waals surface area (Å²) >= 11 is 0. The van der Waals surface area contributed by atoms with Crippen molar-refractivity contribution in [2.75, 3.05) is 38.8 Å². The summed E-state index contributed by atoms with van der Waals surface area (Å²) in [5.41, 5.74) is 2.29. The molecular formula is C14H25N3O. The van der Waals surface area contributed by atoms with Crippen molar-refractivity contribution in [1.29, 1.82) is 0 Å². The van der Waals surface area contributed by atoms with Gasteiger partial charge in [-0.15, -0.1) is 0 Å². The van der Waals surface area contributed by atoms with Gasteiger partial charge in [-0.05, 0) is 25.1 Å². The largest absolute Gasteiger partial charge is 0.383 e. The van der Waals surface area contributed by atoms with Gasteiger partial charge in [0.1, 0.15) is 0 Å². The Morgan fingerprint density at radius 1 is 1.44 bits per heavy atom. The molecular weight excluding hydrogens is 226 g/mol. The van der Waals surface area contributed by atoms with E-state index in [0.29, 0.717) is 5.92 Å². The predicted octanol–water partition coefficient (Wildman–Crippen LogP) is 1.91. The number of aromatic nitrogens is 1. The minimum atomic E-state index is 0.628. The van der Waals surface area contributed by atoms with Gasteiger partial charge >= 0.3 is 0 Å². The van der Waals surface area contributed by atoms with Gasteiger partial charge < -0.3 is 15.0 Å². The van der Waals surface area contributed by atoms with Crippen molar-refractivity contribution in [3.8, 4) is 0 Å². The first-order valence-corrected chi connectivity index (χ1v) is 6.50. The number of nitrogens with zero attached hydrogens (tertiary/aromatic N) is 2. The summed E-state index contributed by atoms with van der Waals surface area (Å²) in [7, 11) is 3.68. The summed E-state index contributed by atoms with van der Waals surface area (Å²) < 4.78 is 5.18. The van der Waals surface area contributed by atoms with Crippen molar-refractivity contribution in [3.63, 3.8) is 0 Å². The molecule has 4 heteroatoms. The maximum absolute atomic E-state index is 5.18. The fourth-order valence-corrected chi connectivity index (χ4v) is 1.91. The van der Waals surface area contributed by atoms with Gasteiger partial charge in [0, 0.05) is 38.6 Å². The molecule has 0 amide bonds. The van der Waals surface area contributed by atoms with Gasteiger partial charge in [-0.2, -0.15) is 0 Å². The standard InChI is InChI=1S/C14H25N3O/c1-12(2)11-17(7-8-18-4)14-5-6-16-13(9-14)10-15-3/h5-6,9,12,15H,7-8,10-11H2,1-4H3. The molecule has 102 valence electrons. The molecule has 0 spiro atoms. The van der Waals surface area contributed by atoms with Crippen LogP contribution in [0.2, 0.25) is 0 Å². The Kier molecular flexibility index (Phi) is 6.68. The molecule has 18 heavy (non-hydrogen) atoms. The topological polar surface area (TPSA) is 37.4 Å². The Balaban J connectivity index is 2.78. The number of anilines is 1. The second-order valence-corrected chi connectivity index (χ2v) is 4.87. The zero-order valence-corrected chi connectivity index (χ0v) is 11.9. The molecule has 0 bridgehead atoms. The van der Waals surface area contributed by atoms with E-state index in [4.69, 9.17) is 4.74 Å². The number of methoxy groups -OCH3 is 1. The average Bonchev–Trinajstić information content (AvgIpc) is 2.35. The summed E-state index contributed by atoms with van der Waals surface area (Å²) in [4.78, 5) is 6.71. The molecule has 0 fully saturated rings. The Bertz CT molecular complexity index is 342. The first-order chi connectivity index (χ1) is 8.67. The molecule has 0 unspecified atom stereocenters. The van der Waals surface area contributed by atoms with Crippen LogP contribution in [0.1, 0.15) is 19.5 Å². The molecule has 0 atom stereocenters. The van der Waals surface area contributed by atoms with E-state index in [1.807, 2.05) is 13.2 Å². The minimum Gasteiger partial charge on any atom is -0.383 e. The van der Waals surface area contributed by atoms with E-state index >= 15 is 0 Å². The third kappa shape index (κ3) is 5.02. The van der Waals surface area contributed by atoms with E-state index in [1.165, 1.54) is 5.69 Å². The van der Waals surface area contributed by atoms with Crippen LogP contribution in [0.15, 0.2) is 18.3 Å². The second kappa shape index (κ2) is 8.06. The van der Waals surface area contributed by atoms with Crippen LogP contribution in [0.25, 0.3) is 0 Å². The normalized spacial score (nSPS) is 10.9. The maximum Gasteiger partial charge on any atom is 0.0637 e. The third-order valence-electron chi connectivity index (χ3n) is 2.67. The van der Waals surface area contributed by atoms with Crippen molar-refractivity contribution in [2.24, 2.45) is 5.92 Å². The van der Waals surface area contributed by atoms with Gasteiger partial charge in [0.2, 0.25) is 0 Å². The predicted molar refractivity (Wildman–Crippen MR) is 75.9 cm³/mol. The van der Waals surface area contributed by atoms with E-state index < -0.39 is 0 Å². The fraction of sp³-hybridized carbons (Fsp3) is 0.643. The third-order valence-corrected chi connectivity index (χ3v) is 2.67. The molecule has 1 aromatic rings. The molecule has 0 aromatic carbocycles. The lowest BCUT2D eigenvalue weighted by Gasteiger charge is -2.26. The number of rotatable bonds is 8. The van der Waals surface area contributed by atoms with Crippen molar-refractivity contribution in [3.05, 3.63) is 24.0 Å². The lowest BCUT2D eigenvalue weighted by Crippen LogP contribution is -2.31. The van der Waals surface area contributed by atoms with Crippen LogP contribution in [0.3, 0.4) is 0 Å². The maximum atomic E-state index is 5.18. The number of pyridine rings is 1. The summed E-state index contributed by atoms with van der Waals surface area (Å²) in [6, 6.07) is 4.21. The van der Waals surface area contributed by atoms with Crippen molar-refractivity contribution in [2.45, 2.75) is 20.4 Å². The zero-order chi connectivity index (χ0) is 13.4. The highest BCUT2D eigenvalue weighted by Crippen LogP contribution is 2.16. The van der Waals surface area contributed by atoms with Crippen LogP contribution >= 0.6 is 0 Å². The summed E-state index contributed by atoms with van der Waals surface area (Å²) in [6.45, 7) is 7.96. The van der Waals surface area contributed by atoms with Crippen molar-refractivity contribution >= 4 is 5.69 Å². The fourth-order valence-electron chi connectivity index (χ4n) is 1.91. The Hall–Kier alpha value is -1.13. The molecule has 4 nitrogen and oxygen atoms in total. The van der Waals surface area contributed by atoms with Crippen LogP contribution in [-0.2, 0) is 11.3 Å². The summed E-state index contributed by atoms with van der Waals surface area (Å²) in [6.07, 6.45) is 1.88. The summed E-state index contributed by atoms with van der Waals surface area (Å²) in [5.74, 6) is 0.628. The number of hydrogen-bond acceptors (Lipinski definition) is 4. The van der Waals surface area contributed by atoms with Gasteiger partial charge in [-0.25, -0.2) is 0 Å². The Morgan fingerprint density at radius 2 is 2.22 bits per heavy atom. The van der Waals surface area contributed by atoms with Crippen molar-refractivity contribution < 1.29 is 4.74 Å². The molecule has 0 saturated heterocycles. The average molecular weight is 251 g/mol. The number of ether oxygens (including phenoxy) is 1. The van der Waals surface area contributed by atoms with Crippen molar-refractivity contribution in [1.82, 2.24) is 10.3 Å². The molecule has 1 N–H and O–H groups in total. The lowest BCUT2D eigenvalue weighted by molar-refractivity contribution is 0.204. The molecule has 0 aliphatic heterocycles. The quantitative estimate of drug-likeness (QED) is 0.766. The second-order valence-electron chi connectivity index (χ2n) is 4.87. The highest BCUT2D eigenvalue weighted by molar-refractivity contribution is 5.46. The molecule has 0 aliphatic carbocycles. The van der Waals surface area contributed by atoms with E-state index in [1.54, 1.807) is 7.11 Å². The van der Waals surface area contributed by atoms with Gasteiger partial charge in [0.05, 0.1) is 12.3 Å². The zero-order valence-electron chi connectivity index (χ0n) is 11.9. The molecule has 0 radical (unpaired) electrons. The number of hydrogen-bond donors (Lipinski definition) is 1. The molecule has 1 aromatic heterocycles. The van der Waals surface area contributed by atoms with Gasteiger partial charge in [-0.1, -0.05) is 13.8 Å². The SMILES string of the molecule is CNCc1cc(N(CCOC)CC(C)C)ccn1.